The molecule has 122 valence electrons. The molecule has 0 aliphatic heterocycles. The molecular formula is C15H18N4O2S2. The molecule has 8 heteroatoms. The van der Waals surface area contributed by atoms with Crippen LogP contribution in [-0.4, -0.2) is 26.8 Å². The molecule has 2 heterocycles. The van der Waals surface area contributed by atoms with Crippen molar-refractivity contribution in [3.05, 3.63) is 21.8 Å². The maximum Gasteiger partial charge on any atom is 0.262 e. The third kappa shape index (κ3) is 3.57. The summed E-state index contributed by atoms with van der Waals surface area (Å²) in [5.41, 5.74) is -1.03. The first-order valence-electron chi connectivity index (χ1n) is 7.08. The highest BCUT2D eigenvalue weighted by Crippen LogP contribution is 2.21. The monoisotopic (exact) mass is 350 g/mol. The summed E-state index contributed by atoms with van der Waals surface area (Å²) < 4.78 is 1.44. The van der Waals surface area contributed by atoms with Crippen molar-refractivity contribution < 1.29 is 4.79 Å². The number of nitrogens with zero attached hydrogens (tertiary/aromatic N) is 3. The minimum Gasteiger partial charge on any atom is -0.337 e. The molecule has 2 aromatic heterocycles. The van der Waals surface area contributed by atoms with Crippen molar-refractivity contribution in [1.82, 2.24) is 14.9 Å². The van der Waals surface area contributed by atoms with Crippen LogP contribution in [0.3, 0.4) is 0 Å². The van der Waals surface area contributed by atoms with Crippen molar-refractivity contribution in [2.45, 2.75) is 31.5 Å². The first kappa shape index (κ1) is 17.5. The van der Waals surface area contributed by atoms with Crippen molar-refractivity contribution in [1.29, 1.82) is 5.26 Å². The fourth-order valence-corrected chi connectivity index (χ4v) is 3.44. The van der Waals surface area contributed by atoms with Gasteiger partial charge in [-0.25, -0.2) is 4.98 Å². The van der Waals surface area contributed by atoms with Gasteiger partial charge in [0.15, 0.2) is 5.16 Å². The number of hydrogen-bond acceptors (Lipinski definition) is 6. The van der Waals surface area contributed by atoms with Crippen molar-refractivity contribution in [3.63, 3.8) is 0 Å². The Morgan fingerprint density at radius 2 is 2.30 bits per heavy atom. The Bertz CT molecular complexity index is 834. The van der Waals surface area contributed by atoms with Crippen LogP contribution in [0.1, 0.15) is 20.8 Å². The van der Waals surface area contributed by atoms with E-state index in [0.29, 0.717) is 15.4 Å². The van der Waals surface area contributed by atoms with Gasteiger partial charge in [0.1, 0.15) is 10.4 Å². The summed E-state index contributed by atoms with van der Waals surface area (Å²) in [7, 11) is 1.64. The molecule has 23 heavy (non-hydrogen) atoms. The quantitative estimate of drug-likeness (QED) is 0.659. The molecule has 1 N–H and O–H groups in total. The number of nitrogens with one attached hydrogen (secondary N) is 1. The summed E-state index contributed by atoms with van der Waals surface area (Å²) in [6.07, 6.45) is 0. The van der Waals surface area contributed by atoms with E-state index >= 15 is 0 Å². The molecule has 1 atom stereocenters. The lowest BCUT2D eigenvalue weighted by Gasteiger charge is -2.27. The zero-order chi connectivity index (χ0) is 17.2. The van der Waals surface area contributed by atoms with E-state index in [1.165, 1.54) is 27.7 Å². The Balaban J connectivity index is 2.12. The Kier molecular flexibility index (Phi) is 5.12. The highest BCUT2D eigenvalue weighted by molar-refractivity contribution is 7.99. The highest BCUT2D eigenvalue weighted by atomic mass is 32.2. The fraction of sp³-hybridized carbons (Fsp3) is 0.467. The van der Waals surface area contributed by atoms with E-state index in [1.54, 1.807) is 20.0 Å². The molecule has 2 aromatic rings. The number of amides is 1. The van der Waals surface area contributed by atoms with Gasteiger partial charge in [-0.1, -0.05) is 25.6 Å². The Morgan fingerprint density at radius 1 is 1.61 bits per heavy atom. The van der Waals surface area contributed by atoms with Gasteiger partial charge in [-0.2, -0.15) is 5.26 Å². The second-order valence-electron chi connectivity index (χ2n) is 5.70. The fourth-order valence-electron chi connectivity index (χ4n) is 1.87. The SMILES string of the molecule is CC(C)[C@](C)(C#N)NC(=O)CSc1nc2sccc2c(=O)n1C. The topological polar surface area (TPSA) is 87.8 Å². The number of carbonyl (C=O) groups is 1. The summed E-state index contributed by atoms with van der Waals surface area (Å²) >= 11 is 2.58. The minimum absolute atomic E-state index is 0.00796. The second kappa shape index (κ2) is 6.72. The maximum atomic E-state index is 12.2. The summed E-state index contributed by atoms with van der Waals surface area (Å²) in [6.45, 7) is 5.46. The molecule has 0 aliphatic carbocycles. The second-order valence-corrected chi connectivity index (χ2v) is 7.54. The van der Waals surface area contributed by atoms with Gasteiger partial charge in [0.2, 0.25) is 5.91 Å². The Labute approximate surface area is 142 Å². The molecule has 0 bridgehead atoms. The molecule has 0 aliphatic rings. The van der Waals surface area contributed by atoms with Crippen molar-refractivity contribution in [2.75, 3.05) is 5.75 Å². The van der Waals surface area contributed by atoms with Crippen molar-refractivity contribution in [2.24, 2.45) is 13.0 Å². The third-order valence-electron chi connectivity index (χ3n) is 3.78. The largest absolute Gasteiger partial charge is 0.337 e. The highest BCUT2D eigenvalue weighted by Gasteiger charge is 2.29. The molecule has 0 aromatic carbocycles. The van der Waals surface area contributed by atoms with E-state index in [9.17, 15) is 14.9 Å². The Hall–Kier alpha value is -1.85. The lowest BCUT2D eigenvalue weighted by Crippen LogP contribution is -2.49. The molecule has 0 radical (unpaired) electrons. The molecule has 0 unspecified atom stereocenters. The smallest absolute Gasteiger partial charge is 0.262 e. The molecule has 0 saturated carbocycles. The first-order valence-corrected chi connectivity index (χ1v) is 8.94. The van der Waals surface area contributed by atoms with Gasteiger partial charge in [-0.3, -0.25) is 14.2 Å². The number of hydrogen-bond donors (Lipinski definition) is 1. The molecular weight excluding hydrogens is 332 g/mol. The van der Waals surface area contributed by atoms with Crippen LogP contribution in [0.25, 0.3) is 10.2 Å². The van der Waals surface area contributed by atoms with E-state index in [-0.39, 0.29) is 23.1 Å². The number of thioether (sulfide) groups is 1. The predicted octanol–water partition coefficient (Wildman–Crippen LogP) is 2.14. The van der Waals surface area contributed by atoms with Gasteiger partial charge < -0.3 is 5.32 Å². The molecule has 1 amide bonds. The van der Waals surface area contributed by atoms with Crippen LogP contribution < -0.4 is 10.9 Å². The average Bonchev–Trinajstić information content (AvgIpc) is 2.97. The zero-order valence-corrected chi connectivity index (χ0v) is 15.0. The van der Waals surface area contributed by atoms with Crippen LogP contribution in [0.15, 0.2) is 21.4 Å². The van der Waals surface area contributed by atoms with Gasteiger partial charge in [0, 0.05) is 7.05 Å². The average molecular weight is 350 g/mol. The van der Waals surface area contributed by atoms with E-state index in [2.05, 4.69) is 16.4 Å². The van der Waals surface area contributed by atoms with Crippen LogP contribution in [-0.2, 0) is 11.8 Å². The summed E-state index contributed by atoms with van der Waals surface area (Å²) in [6, 6.07) is 3.89. The lowest BCUT2D eigenvalue weighted by atomic mass is 9.90. The summed E-state index contributed by atoms with van der Waals surface area (Å²) in [5.74, 6) is -0.166. The number of nitriles is 1. The zero-order valence-electron chi connectivity index (χ0n) is 13.4. The molecule has 0 spiro atoms. The van der Waals surface area contributed by atoms with Crippen LogP contribution in [0.5, 0.6) is 0 Å². The molecule has 6 nitrogen and oxygen atoms in total. The normalized spacial score (nSPS) is 13.7. The van der Waals surface area contributed by atoms with Crippen LogP contribution in [0.4, 0.5) is 0 Å². The molecule has 2 rings (SSSR count). The van der Waals surface area contributed by atoms with Crippen LogP contribution >= 0.6 is 23.1 Å². The third-order valence-corrected chi connectivity index (χ3v) is 5.62. The molecule has 0 fully saturated rings. The van der Waals surface area contributed by atoms with Crippen LogP contribution in [0, 0.1) is 17.2 Å². The number of rotatable bonds is 5. The van der Waals surface area contributed by atoms with Gasteiger partial charge >= 0.3 is 0 Å². The summed E-state index contributed by atoms with van der Waals surface area (Å²) in [4.78, 5) is 29.4. The van der Waals surface area contributed by atoms with Crippen LogP contribution in [0.2, 0.25) is 0 Å². The van der Waals surface area contributed by atoms with E-state index in [0.717, 1.165) is 0 Å². The predicted molar refractivity (Wildman–Crippen MR) is 92.6 cm³/mol. The number of thiophene rings is 1. The Morgan fingerprint density at radius 3 is 2.91 bits per heavy atom. The van der Waals surface area contributed by atoms with Gasteiger partial charge in [0.05, 0.1) is 17.2 Å². The summed E-state index contributed by atoms with van der Waals surface area (Å²) in [5, 5.41) is 14.9. The van der Waals surface area contributed by atoms with Gasteiger partial charge in [-0.15, -0.1) is 11.3 Å². The molecule has 0 saturated heterocycles. The maximum absolute atomic E-state index is 12.2. The first-order chi connectivity index (χ1) is 10.8. The lowest BCUT2D eigenvalue weighted by molar-refractivity contribution is -0.120. The van der Waals surface area contributed by atoms with E-state index < -0.39 is 5.54 Å². The van der Waals surface area contributed by atoms with Gasteiger partial charge in [-0.05, 0) is 24.3 Å². The number of aromatic nitrogens is 2. The number of carbonyl (C=O) groups excluding carboxylic acids is 1. The van der Waals surface area contributed by atoms with Gasteiger partial charge in [0.25, 0.3) is 5.56 Å². The minimum atomic E-state index is -0.908. The van der Waals surface area contributed by atoms with Crippen molar-refractivity contribution >= 4 is 39.2 Å². The van der Waals surface area contributed by atoms with Crippen molar-refractivity contribution in [3.8, 4) is 6.07 Å². The number of fused-ring (bicyclic) bond motifs is 1. The standard InChI is InChI=1S/C15H18N4O2S2/c1-9(2)15(3,8-16)18-11(20)7-23-14-17-12-10(5-6-22-12)13(21)19(14)4/h5-6,9H,7H2,1-4H3,(H,18,20)/t15-/m0/s1. The van der Waals surface area contributed by atoms with E-state index in [4.69, 9.17) is 0 Å². The van der Waals surface area contributed by atoms with E-state index in [1.807, 2.05) is 19.2 Å².